The van der Waals surface area contributed by atoms with Gasteiger partial charge in [-0.1, -0.05) is 0 Å². The van der Waals surface area contributed by atoms with Gasteiger partial charge in [0.15, 0.2) is 0 Å². The third-order valence-electron chi connectivity index (χ3n) is 3.86. The molecule has 1 aliphatic rings. The Morgan fingerprint density at radius 1 is 1.27 bits per heavy atom. The number of rotatable bonds is 6. The highest BCUT2D eigenvalue weighted by atomic mass is 19.3. The molecule has 0 saturated carbocycles. The van der Waals surface area contributed by atoms with E-state index >= 15 is 0 Å². The Morgan fingerprint density at radius 3 is 2.50 bits per heavy atom. The van der Waals surface area contributed by atoms with Crippen molar-refractivity contribution in [2.24, 2.45) is 0 Å². The van der Waals surface area contributed by atoms with Crippen molar-refractivity contribution in [1.29, 1.82) is 0 Å². The number of aliphatic hydroxyl groups excluding tert-OH is 1. The van der Waals surface area contributed by atoms with Crippen LogP contribution in [0.1, 0.15) is 11.6 Å². The molecule has 1 aliphatic heterocycles. The Labute approximate surface area is 128 Å². The maximum atomic E-state index is 14.4. The molecule has 1 heterocycles. The normalized spacial score (nSPS) is 18.0. The molecule has 5 nitrogen and oxygen atoms in total. The fraction of sp³-hybridized carbons (Fsp3) is 0.600. The van der Waals surface area contributed by atoms with Crippen molar-refractivity contribution in [3.8, 4) is 11.5 Å². The van der Waals surface area contributed by atoms with Crippen LogP contribution in [-0.4, -0.2) is 62.9 Å². The smallest absolute Gasteiger partial charge is 0.290 e. The molecule has 22 heavy (non-hydrogen) atoms. The lowest BCUT2D eigenvalue weighted by molar-refractivity contribution is -0.119. The summed E-state index contributed by atoms with van der Waals surface area (Å²) in [4.78, 5) is 1.68. The van der Waals surface area contributed by atoms with Gasteiger partial charge in [-0.2, -0.15) is 0 Å². The van der Waals surface area contributed by atoms with Crippen LogP contribution in [0.25, 0.3) is 0 Å². The van der Waals surface area contributed by atoms with E-state index in [0.717, 1.165) is 0 Å². The predicted molar refractivity (Wildman–Crippen MR) is 78.8 cm³/mol. The largest absolute Gasteiger partial charge is 0.497 e. The third-order valence-corrected chi connectivity index (χ3v) is 3.86. The molecule has 124 valence electrons. The number of hydrogen-bond acceptors (Lipinski definition) is 5. The number of nitrogens with zero attached hydrogens (tertiary/aromatic N) is 1. The van der Waals surface area contributed by atoms with Gasteiger partial charge in [-0.15, -0.1) is 0 Å². The lowest BCUT2D eigenvalue weighted by Gasteiger charge is -2.39. The lowest BCUT2D eigenvalue weighted by Crippen LogP contribution is -2.51. The van der Waals surface area contributed by atoms with Crippen LogP contribution in [0.4, 0.5) is 8.78 Å². The maximum absolute atomic E-state index is 14.4. The summed E-state index contributed by atoms with van der Waals surface area (Å²) in [7, 11) is 2.94. The highest BCUT2D eigenvalue weighted by molar-refractivity contribution is 5.43. The minimum absolute atomic E-state index is 0.330. The molecule has 1 aromatic carbocycles. The van der Waals surface area contributed by atoms with Crippen molar-refractivity contribution in [3.63, 3.8) is 0 Å². The third kappa shape index (κ3) is 3.48. The average molecular weight is 316 g/mol. The monoisotopic (exact) mass is 316 g/mol. The average Bonchev–Trinajstić information content (AvgIpc) is 2.56. The summed E-state index contributed by atoms with van der Waals surface area (Å²) in [5, 5.41) is 12.3. The minimum atomic E-state index is -3.26. The van der Waals surface area contributed by atoms with Crippen LogP contribution in [0, 0.1) is 0 Å². The van der Waals surface area contributed by atoms with Gasteiger partial charge in [-0.3, -0.25) is 4.90 Å². The van der Waals surface area contributed by atoms with Crippen LogP contribution in [0.5, 0.6) is 11.5 Å². The van der Waals surface area contributed by atoms with Crippen LogP contribution in [0.2, 0.25) is 0 Å². The number of halogens is 2. The second-order valence-corrected chi connectivity index (χ2v) is 5.22. The standard InChI is InChI=1S/C15H22F2N2O3/c1-21-11-3-4-12(13(9-11)22-2)14(15(16,17)10-20)19-7-5-18-6-8-19/h3-4,9,14,18,20H,5-8,10H2,1-2H3/t14-/m1/s1. The van der Waals surface area contributed by atoms with E-state index in [1.54, 1.807) is 23.1 Å². The molecule has 1 saturated heterocycles. The molecule has 0 aliphatic carbocycles. The Balaban J connectivity index is 2.44. The van der Waals surface area contributed by atoms with E-state index in [2.05, 4.69) is 5.32 Å². The number of nitrogens with one attached hydrogen (secondary N) is 1. The zero-order chi connectivity index (χ0) is 16.2. The molecule has 2 N–H and O–H groups in total. The molecule has 0 radical (unpaired) electrons. The van der Waals surface area contributed by atoms with Crippen LogP contribution in [-0.2, 0) is 0 Å². The van der Waals surface area contributed by atoms with Crippen molar-refractivity contribution in [3.05, 3.63) is 23.8 Å². The first kappa shape index (κ1) is 16.9. The molecule has 0 spiro atoms. The van der Waals surface area contributed by atoms with Gasteiger partial charge in [0, 0.05) is 37.8 Å². The van der Waals surface area contributed by atoms with Crippen molar-refractivity contribution >= 4 is 0 Å². The summed E-state index contributed by atoms with van der Waals surface area (Å²) < 4.78 is 39.1. The van der Waals surface area contributed by atoms with Gasteiger partial charge >= 0.3 is 0 Å². The Hall–Kier alpha value is -1.44. The number of hydrogen-bond donors (Lipinski definition) is 2. The molecule has 7 heteroatoms. The summed E-state index contributed by atoms with van der Waals surface area (Å²) in [6.07, 6.45) is 0. The number of methoxy groups -OCH3 is 2. The number of ether oxygens (including phenoxy) is 2. The van der Waals surface area contributed by atoms with E-state index in [-0.39, 0.29) is 0 Å². The zero-order valence-corrected chi connectivity index (χ0v) is 12.8. The number of aliphatic hydroxyl groups is 1. The molecule has 1 fully saturated rings. The highest BCUT2D eigenvalue weighted by Gasteiger charge is 2.45. The van der Waals surface area contributed by atoms with E-state index in [0.29, 0.717) is 43.2 Å². The molecule has 0 amide bonds. The zero-order valence-electron chi connectivity index (χ0n) is 12.8. The summed E-state index contributed by atoms with van der Waals surface area (Å²) in [6.45, 7) is 1.02. The van der Waals surface area contributed by atoms with Gasteiger partial charge in [0.1, 0.15) is 24.1 Å². The Morgan fingerprint density at radius 2 is 1.95 bits per heavy atom. The highest BCUT2D eigenvalue weighted by Crippen LogP contribution is 2.41. The SMILES string of the molecule is COc1ccc([C@@H](N2CCNCC2)C(F)(F)CO)c(OC)c1. The molecule has 0 unspecified atom stereocenters. The number of alkyl halides is 2. The molecule has 1 aromatic rings. The van der Waals surface area contributed by atoms with Gasteiger partial charge in [-0.25, -0.2) is 8.78 Å². The van der Waals surface area contributed by atoms with E-state index in [1.807, 2.05) is 0 Å². The van der Waals surface area contributed by atoms with Gasteiger partial charge < -0.3 is 19.9 Å². The van der Waals surface area contributed by atoms with Crippen LogP contribution < -0.4 is 14.8 Å². The summed E-state index contributed by atoms with van der Waals surface area (Å²) in [5.41, 5.74) is 0.351. The Bertz CT molecular complexity index is 494. The minimum Gasteiger partial charge on any atom is -0.497 e. The summed E-state index contributed by atoms with van der Waals surface area (Å²) in [6, 6.07) is 3.55. The summed E-state index contributed by atoms with van der Waals surface area (Å²) in [5.74, 6) is -2.40. The van der Waals surface area contributed by atoms with Gasteiger partial charge in [0.2, 0.25) is 0 Å². The second kappa shape index (κ2) is 7.21. The van der Waals surface area contributed by atoms with Gasteiger partial charge in [0.05, 0.1) is 14.2 Å². The molecular formula is C15H22F2N2O3. The molecule has 0 aromatic heterocycles. The fourth-order valence-electron chi connectivity index (χ4n) is 2.76. The van der Waals surface area contributed by atoms with E-state index in [1.165, 1.54) is 14.2 Å². The van der Waals surface area contributed by atoms with Gasteiger partial charge in [0.25, 0.3) is 5.92 Å². The first-order valence-electron chi connectivity index (χ1n) is 7.19. The van der Waals surface area contributed by atoms with Crippen LogP contribution >= 0.6 is 0 Å². The van der Waals surface area contributed by atoms with E-state index in [4.69, 9.17) is 14.6 Å². The van der Waals surface area contributed by atoms with Crippen LogP contribution in [0.15, 0.2) is 18.2 Å². The molecule has 1 atom stereocenters. The first-order chi connectivity index (χ1) is 10.5. The summed E-state index contributed by atoms with van der Waals surface area (Å²) >= 11 is 0. The van der Waals surface area contributed by atoms with Crippen molar-refractivity contribution in [2.45, 2.75) is 12.0 Å². The lowest BCUT2D eigenvalue weighted by atomic mass is 9.97. The molecule has 2 rings (SSSR count). The maximum Gasteiger partial charge on any atom is 0.290 e. The second-order valence-electron chi connectivity index (χ2n) is 5.22. The van der Waals surface area contributed by atoms with Gasteiger partial charge in [-0.05, 0) is 12.1 Å². The Kier molecular flexibility index (Phi) is 5.55. The number of piperazine rings is 1. The molecular weight excluding hydrogens is 294 g/mol. The van der Waals surface area contributed by atoms with E-state index < -0.39 is 18.6 Å². The van der Waals surface area contributed by atoms with Crippen molar-refractivity contribution in [2.75, 3.05) is 47.0 Å². The number of benzene rings is 1. The van der Waals surface area contributed by atoms with E-state index in [9.17, 15) is 8.78 Å². The van der Waals surface area contributed by atoms with Crippen molar-refractivity contribution < 1.29 is 23.4 Å². The van der Waals surface area contributed by atoms with Crippen molar-refractivity contribution in [1.82, 2.24) is 10.2 Å². The molecule has 0 bridgehead atoms. The fourth-order valence-corrected chi connectivity index (χ4v) is 2.76. The first-order valence-corrected chi connectivity index (χ1v) is 7.19. The topological polar surface area (TPSA) is 54.0 Å². The quantitative estimate of drug-likeness (QED) is 0.828. The van der Waals surface area contributed by atoms with Crippen LogP contribution in [0.3, 0.4) is 0 Å². The predicted octanol–water partition coefficient (Wildman–Crippen LogP) is 1.28.